The quantitative estimate of drug-likeness (QED) is 0.809. The minimum absolute atomic E-state index is 0.492. The van der Waals surface area contributed by atoms with Gasteiger partial charge in [-0.2, -0.15) is 0 Å². The summed E-state index contributed by atoms with van der Waals surface area (Å²) in [6.45, 7) is 0. The molecule has 1 amide bonds. The van der Waals surface area contributed by atoms with Crippen molar-refractivity contribution >= 4 is 38.0 Å². The number of rotatable bonds is 3. The fourth-order valence-electron chi connectivity index (χ4n) is 1.73. The number of hydrogen-bond donors (Lipinski definition) is 2. The maximum Gasteiger partial charge on any atom is 0.239 e. The standard InChI is InChI=1S/C12H13N3O3S/c1-19(17,18)7-11(16)15-10-5-4-9(13)12-8(10)3-2-6-14-12/h2-6H,7,13H2,1H3,(H,15,16). The van der Waals surface area contributed by atoms with Gasteiger partial charge in [0.15, 0.2) is 9.84 Å². The Kier molecular flexibility index (Phi) is 3.39. The van der Waals surface area contributed by atoms with E-state index in [9.17, 15) is 13.2 Å². The Morgan fingerprint density at radius 2 is 2.11 bits per heavy atom. The number of fused-ring (bicyclic) bond motifs is 1. The number of nitrogens with one attached hydrogen (secondary N) is 1. The highest BCUT2D eigenvalue weighted by Gasteiger charge is 2.13. The highest BCUT2D eigenvalue weighted by molar-refractivity contribution is 7.91. The van der Waals surface area contributed by atoms with E-state index < -0.39 is 21.5 Å². The number of anilines is 2. The largest absolute Gasteiger partial charge is 0.397 e. The third-order valence-corrected chi connectivity index (χ3v) is 3.25. The van der Waals surface area contributed by atoms with Crippen LogP contribution in [-0.4, -0.2) is 31.3 Å². The monoisotopic (exact) mass is 279 g/mol. The van der Waals surface area contributed by atoms with E-state index in [1.807, 2.05) is 0 Å². The van der Waals surface area contributed by atoms with Crippen molar-refractivity contribution in [2.75, 3.05) is 23.1 Å². The van der Waals surface area contributed by atoms with Crippen molar-refractivity contribution < 1.29 is 13.2 Å². The lowest BCUT2D eigenvalue weighted by Crippen LogP contribution is -2.22. The Bertz CT molecular complexity index is 741. The van der Waals surface area contributed by atoms with Gasteiger partial charge in [-0.15, -0.1) is 0 Å². The molecule has 0 bridgehead atoms. The molecule has 0 aliphatic heterocycles. The molecule has 1 aromatic heterocycles. The van der Waals surface area contributed by atoms with Gasteiger partial charge in [-0.05, 0) is 24.3 Å². The summed E-state index contributed by atoms with van der Waals surface area (Å²) >= 11 is 0. The van der Waals surface area contributed by atoms with Gasteiger partial charge in [0, 0.05) is 17.8 Å². The number of nitrogens with two attached hydrogens (primary N) is 1. The van der Waals surface area contributed by atoms with Crippen LogP contribution in [0.3, 0.4) is 0 Å². The molecule has 0 spiro atoms. The Balaban J connectivity index is 2.37. The third-order valence-electron chi connectivity index (χ3n) is 2.47. The van der Waals surface area contributed by atoms with Crippen LogP contribution in [0, 0.1) is 0 Å². The number of carbonyl (C=O) groups excluding carboxylic acids is 1. The molecule has 0 saturated heterocycles. The number of amides is 1. The molecule has 100 valence electrons. The number of nitrogen functional groups attached to an aromatic ring is 1. The fourth-order valence-corrected chi connectivity index (χ4v) is 2.28. The molecule has 0 saturated carbocycles. The predicted molar refractivity (Wildman–Crippen MR) is 74.5 cm³/mol. The lowest BCUT2D eigenvalue weighted by Gasteiger charge is -2.09. The number of pyridine rings is 1. The second kappa shape index (κ2) is 4.85. The molecule has 1 heterocycles. The first-order valence-corrected chi connectivity index (χ1v) is 7.53. The van der Waals surface area contributed by atoms with Crippen LogP contribution in [0.1, 0.15) is 0 Å². The lowest BCUT2D eigenvalue weighted by atomic mass is 10.1. The van der Waals surface area contributed by atoms with Crippen LogP contribution in [0.2, 0.25) is 0 Å². The molecule has 0 fully saturated rings. The zero-order valence-corrected chi connectivity index (χ0v) is 11.1. The van der Waals surface area contributed by atoms with E-state index in [4.69, 9.17) is 5.73 Å². The molecule has 0 radical (unpaired) electrons. The normalized spacial score (nSPS) is 11.4. The summed E-state index contributed by atoms with van der Waals surface area (Å²) in [5.41, 5.74) is 7.34. The molecular formula is C12H13N3O3S. The second-order valence-corrected chi connectivity index (χ2v) is 6.36. The number of sulfone groups is 1. The number of aromatic nitrogens is 1. The van der Waals surface area contributed by atoms with Gasteiger partial charge in [0.25, 0.3) is 0 Å². The van der Waals surface area contributed by atoms with E-state index in [1.54, 1.807) is 30.5 Å². The molecule has 2 aromatic rings. The minimum Gasteiger partial charge on any atom is -0.397 e. The van der Waals surface area contributed by atoms with Gasteiger partial charge in [-0.25, -0.2) is 8.42 Å². The molecule has 0 unspecified atom stereocenters. The third kappa shape index (κ3) is 3.19. The van der Waals surface area contributed by atoms with Crippen LogP contribution < -0.4 is 11.1 Å². The first-order chi connectivity index (χ1) is 8.87. The molecule has 7 heteroatoms. The van der Waals surface area contributed by atoms with Crippen LogP contribution in [-0.2, 0) is 14.6 Å². The van der Waals surface area contributed by atoms with Crippen LogP contribution >= 0.6 is 0 Å². The molecule has 19 heavy (non-hydrogen) atoms. The van der Waals surface area contributed by atoms with Crippen LogP contribution in [0.15, 0.2) is 30.5 Å². The summed E-state index contributed by atoms with van der Waals surface area (Å²) in [4.78, 5) is 15.7. The topological polar surface area (TPSA) is 102 Å². The summed E-state index contributed by atoms with van der Waals surface area (Å²) in [6.07, 6.45) is 2.61. The summed E-state index contributed by atoms with van der Waals surface area (Å²) in [7, 11) is -3.36. The smallest absolute Gasteiger partial charge is 0.239 e. The molecular weight excluding hydrogens is 266 g/mol. The molecule has 0 aliphatic carbocycles. The van der Waals surface area contributed by atoms with E-state index >= 15 is 0 Å². The summed E-state index contributed by atoms with van der Waals surface area (Å²) in [6, 6.07) is 6.72. The van der Waals surface area contributed by atoms with Crippen molar-refractivity contribution in [3.05, 3.63) is 30.5 Å². The van der Waals surface area contributed by atoms with Crippen molar-refractivity contribution in [3.63, 3.8) is 0 Å². The van der Waals surface area contributed by atoms with Crippen LogP contribution in [0.4, 0.5) is 11.4 Å². The second-order valence-electron chi connectivity index (χ2n) is 4.22. The Morgan fingerprint density at radius 3 is 2.79 bits per heavy atom. The maximum absolute atomic E-state index is 11.6. The van der Waals surface area contributed by atoms with Crippen LogP contribution in [0.5, 0.6) is 0 Å². The highest BCUT2D eigenvalue weighted by Crippen LogP contribution is 2.26. The van der Waals surface area contributed by atoms with Gasteiger partial charge < -0.3 is 11.1 Å². The first-order valence-electron chi connectivity index (χ1n) is 5.47. The Hall–Kier alpha value is -2.15. The number of hydrogen-bond acceptors (Lipinski definition) is 5. The van der Waals surface area contributed by atoms with Gasteiger partial charge in [-0.1, -0.05) is 0 Å². The average molecular weight is 279 g/mol. The van der Waals surface area contributed by atoms with E-state index in [0.29, 0.717) is 22.3 Å². The maximum atomic E-state index is 11.6. The molecule has 0 aliphatic rings. The first kappa shape index (κ1) is 13.3. The van der Waals surface area contributed by atoms with Crippen molar-refractivity contribution in [3.8, 4) is 0 Å². The number of nitrogens with zero attached hydrogens (tertiary/aromatic N) is 1. The zero-order chi connectivity index (χ0) is 14.0. The van der Waals surface area contributed by atoms with E-state index in [0.717, 1.165) is 6.26 Å². The van der Waals surface area contributed by atoms with E-state index in [-0.39, 0.29) is 0 Å². The van der Waals surface area contributed by atoms with Crippen molar-refractivity contribution in [1.29, 1.82) is 0 Å². The fraction of sp³-hybridized carbons (Fsp3) is 0.167. The zero-order valence-electron chi connectivity index (χ0n) is 10.3. The lowest BCUT2D eigenvalue weighted by molar-refractivity contribution is -0.113. The SMILES string of the molecule is CS(=O)(=O)CC(=O)Nc1ccc(N)c2ncccc12. The number of carbonyl (C=O) groups is 1. The summed E-state index contributed by atoms with van der Waals surface area (Å²) in [5.74, 6) is -1.14. The molecule has 3 N–H and O–H groups in total. The van der Waals surface area contributed by atoms with Gasteiger partial charge >= 0.3 is 0 Å². The number of benzene rings is 1. The Labute approximate surface area is 110 Å². The molecule has 2 rings (SSSR count). The van der Waals surface area contributed by atoms with Gasteiger partial charge in [0.1, 0.15) is 5.75 Å². The Morgan fingerprint density at radius 1 is 1.37 bits per heavy atom. The van der Waals surface area contributed by atoms with Crippen molar-refractivity contribution in [2.24, 2.45) is 0 Å². The summed E-state index contributed by atoms with van der Waals surface area (Å²) in [5, 5.41) is 3.23. The molecule has 6 nitrogen and oxygen atoms in total. The van der Waals surface area contributed by atoms with Crippen LogP contribution in [0.25, 0.3) is 10.9 Å². The van der Waals surface area contributed by atoms with E-state index in [1.165, 1.54) is 0 Å². The minimum atomic E-state index is -3.36. The van der Waals surface area contributed by atoms with Crippen molar-refractivity contribution in [2.45, 2.75) is 0 Å². The predicted octanol–water partition coefficient (Wildman–Crippen LogP) is 0.800. The highest BCUT2D eigenvalue weighted by atomic mass is 32.2. The van der Waals surface area contributed by atoms with Gasteiger partial charge in [0.2, 0.25) is 5.91 Å². The molecule has 0 atom stereocenters. The van der Waals surface area contributed by atoms with Crippen molar-refractivity contribution in [1.82, 2.24) is 4.98 Å². The molecule has 1 aromatic carbocycles. The van der Waals surface area contributed by atoms with Gasteiger partial charge in [-0.3, -0.25) is 9.78 Å². The van der Waals surface area contributed by atoms with Gasteiger partial charge in [0.05, 0.1) is 16.9 Å². The summed E-state index contributed by atoms with van der Waals surface area (Å²) < 4.78 is 22.1. The van der Waals surface area contributed by atoms with E-state index in [2.05, 4.69) is 10.3 Å². The average Bonchev–Trinajstić information content (AvgIpc) is 2.31.